The Balaban J connectivity index is 2.20. The number of nitrogens with one attached hydrogen (secondary N) is 1. The van der Waals surface area contributed by atoms with E-state index in [1.807, 2.05) is 19.3 Å². The third-order valence-corrected chi connectivity index (χ3v) is 3.75. The van der Waals surface area contributed by atoms with E-state index in [0.29, 0.717) is 0 Å². The normalized spacial score (nSPS) is 10.7. The fraction of sp³-hybridized carbons (Fsp3) is 0.333. The second-order valence-electron chi connectivity index (χ2n) is 4.54. The van der Waals surface area contributed by atoms with Crippen molar-refractivity contribution in [2.75, 3.05) is 6.54 Å². The first-order valence-corrected chi connectivity index (χ1v) is 7.27. The molecule has 0 unspecified atom stereocenters. The molecule has 3 nitrogen and oxygen atoms in total. The Morgan fingerprint density at radius 2 is 1.84 bits per heavy atom. The summed E-state index contributed by atoms with van der Waals surface area (Å²) in [5, 5.41) is 4.17. The van der Waals surface area contributed by atoms with Gasteiger partial charge >= 0.3 is 0 Å². The van der Waals surface area contributed by atoms with Gasteiger partial charge in [0.05, 0.1) is 0 Å². The summed E-state index contributed by atoms with van der Waals surface area (Å²) in [7, 11) is 0. The van der Waals surface area contributed by atoms with Crippen LogP contribution in [-0.4, -0.2) is 16.5 Å². The third-order valence-electron chi connectivity index (χ3n) is 2.74. The number of hydrogen-bond acceptors (Lipinski definition) is 4. The summed E-state index contributed by atoms with van der Waals surface area (Å²) < 4.78 is 0. The van der Waals surface area contributed by atoms with Crippen LogP contribution in [0.2, 0.25) is 0 Å². The summed E-state index contributed by atoms with van der Waals surface area (Å²) in [6.45, 7) is 8.08. The van der Waals surface area contributed by atoms with Crippen molar-refractivity contribution < 1.29 is 0 Å². The zero-order valence-electron chi connectivity index (χ0n) is 11.6. The van der Waals surface area contributed by atoms with Crippen LogP contribution in [0.5, 0.6) is 0 Å². The molecule has 4 heteroatoms. The Kier molecular flexibility index (Phi) is 4.93. The Bertz CT molecular complexity index is 538. The van der Waals surface area contributed by atoms with Crippen LogP contribution < -0.4 is 5.32 Å². The number of benzene rings is 1. The van der Waals surface area contributed by atoms with Crippen molar-refractivity contribution >= 4 is 11.8 Å². The summed E-state index contributed by atoms with van der Waals surface area (Å²) in [4.78, 5) is 9.92. The molecule has 0 fully saturated rings. The number of rotatable bonds is 5. The van der Waals surface area contributed by atoms with Gasteiger partial charge in [-0.15, -0.1) is 0 Å². The first-order chi connectivity index (χ1) is 9.19. The highest BCUT2D eigenvalue weighted by Crippen LogP contribution is 2.28. The highest BCUT2D eigenvalue weighted by Gasteiger charge is 2.06. The van der Waals surface area contributed by atoms with E-state index >= 15 is 0 Å². The fourth-order valence-electron chi connectivity index (χ4n) is 1.74. The number of aromatic nitrogens is 2. The molecule has 0 saturated heterocycles. The molecule has 0 spiro atoms. The summed E-state index contributed by atoms with van der Waals surface area (Å²) in [5.74, 6) is 0. The van der Waals surface area contributed by atoms with Gasteiger partial charge in [-0.25, -0.2) is 9.97 Å². The molecule has 0 saturated carbocycles. The number of aryl methyl sites for hydroxylation is 2. The lowest BCUT2D eigenvalue weighted by Gasteiger charge is -2.10. The van der Waals surface area contributed by atoms with Crippen LogP contribution in [0, 0.1) is 13.8 Å². The number of nitrogens with zero attached hydrogens (tertiary/aromatic N) is 2. The Labute approximate surface area is 118 Å². The molecule has 0 atom stereocenters. The standard InChI is InChI=1S/C15H19N3S/c1-4-16-10-13-7-11(2)5-6-14(13)19-15-17-8-12(3)9-18-15/h5-9,16H,4,10H2,1-3H3. The van der Waals surface area contributed by atoms with Crippen molar-refractivity contribution in [3.05, 3.63) is 47.3 Å². The van der Waals surface area contributed by atoms with Gasteiger partial charge in [0.25, 0.3) is 0 Å². The highest BCUT2D eigenvalue weighted by molar-refractivity contribution is 7.99. The van der Waals surface area contributed by atoms with E-state index in [1.54, 1.807) is 11.8 Å². The zero-order valence-corrected chi connectivity index (χ0v) is 12.4. The fourth-order valence-corrected chi connectivity index (χ4v) is 2.54. The van der Waals surface area contributed by atoms with Gasteiger partial charge < -0.3 is 5.32 Å². The summed E-state index contributed by atoms with van der Waals surface area (Å²) in [6, 6.07) is 6.50. The van der Waals surface area contributed by atoms with Crippen molar-refractivity contribution in [3.63, 3.8) is 0 Å². The molecular formula is C15H19N3S. The van der Waals surface area contributed by atoms with Crippen molar-refractivity contribution in [1.29, 1.82) is 0 Å². The second-order valence-corrected chi connectivity index (χ2v) is 5.55. The summed E-state index contributed by atoms with van der Waals surface area (Å²) >= 11 is 1.62. The molecule has 2 rings (SSSR count). The van der Waals surface area contributed by atoms with E-state index in [4.69, 9.17) is 0 Å². The molecule has 0 aliphatic heterocycles. The van der Waals surface area contributed by atoms with Crippen molar-refractivity contribution in [1.82, 2.24) is 15.3 Å². The lowest BCUT2D eigenvalue weighted by molar-refractivity contribution is 0.717. The summed E-state index contributed by atoms with van der Waals surface area (Å²) in [5.41, 5.74) is 3.67. The average molecular weight is 273 g/mol. The van der Waals surface area contributed by atoms with Gasteiger partial charge in [-0.1, -0.05) is 24.6 Å². The molecule has 0 aliphatic carbocycles. The topological polar surface area (TPSA) is 37.8 Å². The molecule has 1 N–H and O–H groups in total. The molecule has 1 aromatic carbocycles. The Hall–Kier alpha value is -1.39. The number of hydrogen-bond donors (Lipinski definition) is 1. The van der Waals surface area contributed by atoms with Gasteiger partial charge in [0.2, 0.25) is 0 Å². The van der Waals surface area contributed by atoms with Gasteiger partial charge in [0, 0.05) is 23.8 Å². The van der Waals surface area contributed by atoms with Gasteiger partial charge in [0.15, 0.2) is 5.16 Å². The predicted molar refractivity (Wildman–Crippen MR) is 79.5 cm³/mol. The Morgan fingerprint density at radius 3 is 2.53 bits per heavy atom. The van der Waals surface area contributed by atoms with Crippen LogP contribution in [0.1, 0.15) is 23.6 Å². The molecule has 0 bridgehead atoms. The van der Waals surface area contributed by atoms with Crippen LogP contribution in [0.15, 0.2) is 40.6 Å². The van der Waals surface area contributed by atoms with Crippen molar-refractivity contribution in [2.45, 2.75) is 37.4 Å². The largest absolute Gasteiger partial charge is 0.313 e. The quantitative estimate of drug-likeness (QED) is 0.848. The van der Waals surface area contributed by atoms with Crippen molar-refractivity contribution in [3.8, 4) is 0 Å². The molecule has 0 amide bonds. The molecule has 100 valence electrons. The minimum absolute atomic E-state index is 0.798. The SMILES string of the molecule is CCNCc1cc(C)ccc1Sc1ncc(C)cn1. The smallest absolute Gasteiger partial charge is 0.192 e. The van der Waals surface area contributed by atoms with Crippen LogP contribution in [-0.2, 0) is 6.54 Å². The first-order valence-electron chi connectivity index (χ1n) is 6.46. The second kappa shape index (κ2) is 6.68. The first kappa shape index (κ1) is 14.0. The molecule has 1 heterocycles. The monoisotopic (exact) mass is 273 g/mol. The maximum Gasteiger partial charge on any atom is 0.192 e. The lowest BCUT2D eigenvalue weighted by atomic mass is 10.1. The average Bonchev–Trinajstić information content (AvgIpc) is 2.41. The zero-order chi connectivity index (χ0) is 13.7. The third kappa shape index (κ3) is 4.04. The van der Waals surface area contributed by atoms with Crippen LogP contribution in [0.25, 0.3) is 0 Å². The van der Waals surface area contributed by atoms with Gasteiger partial charge in [-0.3, -0.25) is 0 Å². The predicted octanol–water partition coefficient (Wildman–Crippen LogP) is 3.35. The van der Waals surface area contributed by atoms with E-state index < -0.39 is 0 Å². The lowest BCUT2D eigenvalue weighted by Crippen LogP contribution is -2.12. The van der Waals surface area contributed by atoms with E-state index in [-0.39, 0.29) is 0 Å². The van der Waals surface area contributed by atoms with Gasteiger partial charge in [0.1, 0.15) is 0 Å². The molecule has 0 aliphatic rings. The van der Waals surface area contributed by atoms with Crippen LogP contribution in [0.4, 0.5) is 0 Å². The van der Waals surface area contributed by atoms with Crippen LogP contribution >= 0.6 is 11.8 Å². The van der Waals surface area contributed by atoms with Gasteiger partial charge in [-0.2, -0.15) is 0 Å². The molecule has 19 heavy (non-hydrogen) atoms. The van der Waals surface area contributed by atoms with E-state index in [0.717, 1.165) is 23.8 Å². The Morgan fingerprint density at radius 1 is 1.11 bits per heavy atom. The van der Waals surface area contributed by atoms with E-state index in [1.165, 1.54) is 16.0 Å². The molecule has 1 aromatic heterocycles. The van der Waals surface area contributed by atoms with E-state index in [2.05, 4.69) is 47.3 Å². The molecule has 2 aromatic rings. The van der Waals surface area contributed by atoms with Gasteiger partial charge in [-0.05, 0) is 49.3 Å². The maximum atomic E-state index is 4.35. The molecular weight excluding hydrogens is 254 g/mol. The molecule has 0 radical (unpaired) electrons. The minimum atomic E-state index is 0.798. The minimum Gasteiger partial charge on any atom is -0.313 e. The van der Waals surface area contributed by atoms with E-state index in [9.17, 15) is 0 Å². The summed E-state index contributed by atoms with van der Waals surface area (Å²) in [6.07, 6.45) is 3.71. The van der Waals surface area contributed by atoms with Crippen LogP contribution in [0.3, 0.4) is 0 Å². The van der Waals surface area contributed by atoms with Crippen molar-refractivity contribution in [2.24, 2.45) is 0 Å². The maximum absolute atomic E-state index is 4.35. The highest BCUT2D eigenvalue weighted by atomic mass is 32.2.